The normalized spacial score (nSPS) is 10.2. The lowest BCUT2D eigenvalue weighted by Gasteiger charge is -2.10. The maximum absolute atomic E-state index is 11.3. The first kappa shape index (κ1) is 13.4. The summed E-state index contributed by atoms with van der Waals surface area (Å²) in [5.41, 5.74) is 7.64. The van der Waals surface area contributed by atoms with Gasteiger partial charge in [0.25, 0.3) is 5.91 Å². The van der Waals surface area contributed by atoms with Crippen molar-refractivity contribution in [3.8, 4) is 5.75 Å². The van der Waals surface area contributed by atoms with E-state index in [9.17, 15) is 4.79 Å². The molecule has 0 fully saturated rings. The van der Waals surface area contributed by atoms with Crippen molar-refractivity contribution in [2.75, 3.05) is 0 Å². The third-order valence-corrected chi connectivity index (χ3v) is 2.92. The molecular weight excluding hydrogens is 262 g/mol. The van der Waals surface area contributed by atoms with Crippen molar-refractivity contribution < 1.29 is 9.53 Å². The summed E-state index contributed by atoms with van der Waals surface area (Å²) in [6, 6.07) is 12.7. The fourth-order valence-corrected chi connectivity index (χ4v) is 1.95. The number of primary amides is 1. The Balaban J connectivity index is 2.19. The number of hydrogen-bond donors (Lipinski definition) is 1. The first-order chi connectivity index (χ1) is 9.06. The molecule has 2 aromatic rings. The zero-order valence-electron chi connectivity index (χ0n) is 10.5. The van der Waals surface area contributed by atoms with E-state index >= 15 is 0 Å². The highest BCUT2D eigenvalue weighted by molar-refractivity contribution is 6.30. The predicted molar refractivity (Wildman–Crippen MR) is 75.5 cm³/mol. The van der Waals surface area contributed by atoms with Gasteiger partial charge in [0.15, 0.2) is 0 Å². The van der Waals surface area contributed by atoms with Crippen LogP contribution in [0.25, 0.3) is 0 Å². The average Bonchev–Trinajstić information content (AvgIpc) is 2.36. The first-order valence-electron chi connectivity index (χ1n) is 5.84. The van der Waals surface area contributed by atoms with Gasteiger partial charge in [0.05, 0.1) is 5.56 Å². The van der Waals surface area contributed by atoms with Crippen molar-refractivity contribution in [1.29, 1.82) is 0 Å². The molecule has 0 aliphatic heterocycles. The first-order valence-corrected chi connectivity index (χ1v) is 6.22. The molecule has 1 amide bonds. The lowest BCUT2D eigenvalue weighted by Crippen LogP contribution is -2.13. The second-order valence-electron chi connectivity index (χ2n) is 4.28. The Morgan fingerprint density at radius 2 is 2.05 bits per heavy atom. The average molecular weight is 276 g/mol. The minimum absolute atomic E-state index is 0.338. The van der Waals surface area contributed by atoms with Gasteiger partial charge in [-0.05, 0) is 42.3 Å². The van der Waals surface area contributed by atoms with E-state index in [1.54, 1.807) is 18.2 Å². The molecule has 2 N–H and O–H groups in total. The third kappa shape index (κ3) is 3.48. The predicted octanol–water partition coefficient (Wildman–Crippen LogP) is 3.33. The number of rotatable bonds is 4. The van der Waals surface area contributed by atoms with Crippen molar-refractivity contribution in [1.82, 2.24) is 0 Å². The van der Waals surface area contributed by atoms with E-state index in [2.05, 4.69) is 0 Å². The SMILES string of the molecule is Cc1ccc(C(N)=O)c(OCc2cccc(Cl)c2)c1. The second kappa shape index (κ2) is 5.76. The van der Waals surface area contributed by atoms with Crippen molar-refractivity contribution in [3.63, 3.8) is 0 Å². The number of nitrogens with two attached hydrogens (primary N) is 1. The highest BCUT2D eigenvalue weighted by atomic mass is 35.5. The molecule has 0 atom stereocenters. The number of carbonyl (C=O) groups excluding carboxylic acids is 1. The standard InChI is InChI=1S/C15H14ClNO2/c1-10-5-6-13(15(17)18)14(7-10)19-9-11-3-2-4-12(16)8-11/h2-8H,9H2,1H3,(H2,17,18). The van der Waals surface area contributed by atoms with Crippen molar-refractivity contribution in [2.45, 2.75) is 13.5 Å². The van der Waals surface area contributed by atoms with Crippen LogP contribution in [0.4, 0.5) is 0 Å². The zero-order chi connectivity index (χ0) is 13.8. The summed E-state index contributed by atoms with van der Waals surface area (Å²) in [5.74, 6) is -0.00595. The Hall–Kier alpha value is -2.00. The Bertz CT molecular complexity index is 611. The van der Waals surface area contributed by atoms with Crippen LogP contribution in [0.15, 0.2) is 42.5 Å². The van der Waals surface area contributed by atoms with Gasteiger partial charge in [-0.25, -0.2) is 0 Å². The lowest BCUT2D eigenvalue weighted by atomic mass is 10.1. The number of ether oxygens (including phenoxy) is 1. The molecule has 0 saturated heterocycles. The second-order valence-corrected chi connectivity index (χ2v) is 4.72. The lowest BCUT2D eigenvalue weighted by molar-refractivity contribution is 0.0996. The molecule has 4 heteroatoms. The molecule has 0 aliphatic carbocycles. The van der Waals surface area contributed by atoms with Crippen LogP contribution in [0.5, 0.6) is 5.75 Å². The highest BCUT2D eigenvalue weighted by Crippen LogP contribution is 2.21. The Kier molecular flexibility index (Phi) is 4.07. The molecule has 2 aromatic carbocycles. The van der Waals surface area contributed by atoms with Gasteiger partial charge in [-0.2, -0.15) is 0 Å². The molecule has 0 aliphatic rings. The number of halogens is 1. The molecule has 3 nitrogen and oxygen atoms in total. The number of hydrogen-bond acceptors (Lipinski definition) is 2. The number of amides is 1. The van der Waals surface area contributed by atoms with Gasteiger partial charge in [0.2, 0.25) is 0 Å². The monoisotopic (exact) mass is 275 g/mol. The summed E-state index contributed by atoms with van der Waals surface area (Å²) in [4.78, 5) is 11.3. The van der Waals surface area contributed by atoms with Crippen LogP contribution in [-0.4, -0.2) is 5.91 Å². The van der Waals surface area contributed by atoms with Crippen LogP contribution in [0.2, 0.25) is 5.02 Å². The summed E-state index contributed by atoms with van der Waals surface area (Å²) < 4.78 is 5.66. The summed E-state index contributed by atoms with van der Waals surface area (Å²) in [6.45, 7) is 2.27. The quantitative estimate of drug-likeness (QED) is 0.930. The summed E-state index contributed by atoms with van der Waals surface area (Å²) in [5, 5.41) is 0.653. The molecule has 0 aromatic heterocycles. The smallest absolute Gasteiger partial charge is 0.252 e. The Labute approximate surface area is 117 Å². The van der Waals surface area contributed by atoms with E-state index in [-0.39, 0.29) is 0 Å². The van der Waals surface area contributed by atoms with Crippen LogP contribution < -0.4 is 10.5 Å². The molecule has 0 radical (unpaired) electrons. The Morgan fingerprint density at radius 1 is 1.26 bits per heavy atom. The van der Waals surface area contributed by atoms with Gasteiger partial charge in [-0.15, -0.1) is 0 Å². The molecule has 0 bridgehead atoms. The van der Waals surface area contributed by atoms with Crippen LogP contribution in [-0.2, 0) is 6.61 Å². The minimum Gasteiger partial charge on any atom is -0.488 e. The maximum atomic E-state index is 11.3. The van der Waals surface area contributed by atoms with Crippen LogP contribution in [0.1, 0.15) is 21.5 Å². The van der Waals surface area contributed by atoms with E-state index in [1.807, 2.05) is 31.2 Å². The Morgan fingerprint density at radius 3 is 2.74 bits per heavy atom. The third-order valence-electron chi connectivity index (χ3n) is 2.69. The minimum atomic E-state index is -0.499. The zero-order valence-corrected chi connectivity index (χ0v) is 11.3. The molecule has 0 saturated carbocycles. The van der Waals surface area contributed by atoms with Crippen LogP contribution in [0, 0.1) is 6.92 Å². The van der Waals surface area contributed by atoms with Gasteiger partial charge in [-0.3, -0.25) is 4.79 Å². The summed E-state index contributed by atoms with van der Waals surface area (Å²) >= 11 is 5.90. The molecular formula is C15H14ClNO2. The van der Waals surface area contributed by atoms with E-state index < -0.39 is 5.91 Å². The van der Waals surface area contributed by atoms with Crippen molar-refractivity contribution in [2.24, 2.45) is 5.73 Å². The van der Waals surface area contributed by atoms with Gasteiger partial charge in [0.1, 0.15) is 12.4 Å². The highest BCUT2D eigenvalue weighted by Gasteiger charge is 2.09. The largest absolute Gasteiger partial charge is 0.488 e. The van der Waals surface area contributed by atoms with Gasteiger partial charge in [0, 0.05) is 5.02 Å². The molecule has 0 spiro atoms. The van der Waals surface area contributed by atoms with Crippen molar-refractivity contribution in [3.05, 3.63) is 64.2 Å². The number of benzene rings is 2. The van der Waals surface area contributed by atoms with E-state index in [0.717, 1.165) is 11.1 Å². The molecule has 0 heterocycles. The molecule has 19 heavy (non-hydrogen) atoms. The van der Waals surface area contributed by atoms with Gasteiger partial charge >= 0.3 is 0 Å². The van der Waals surface area contributed by atoms with E-state index in [4.69, 9.17) is 22.1 Å². The topological polar surface area (TPSA) is 52.3 Å². The van der Waals surface area contributed by atoms with Gasteiger partial charge < -0.3 is 10.5 Å². The maximum Gasteiger partial charge on any atom is 0.252 e. The van der Waals surface area contributed by atoms with Gasteiger partial charge in [-0.1, -0.05) is 29.8 Å². The number of carbonyl (C=O) groups is 1. The van der Waals surface area contributed by atoms with E-state index in [1.165, 1.54) is 0 Å². The molecule has 98 valence electrons. The van der Waals surface area contributed by atoms with Crippen molar-refractivity contribution >= 4 is 17.5 Å². The van der Waals surface area contributed by atoms with E-state index in [0.29, 0.717) is 22.9 Å². The molecule has 2 rings (SSSR count). The fourth-order valence-electron chi connectivity index (χ4n) is 1.74. The summed E-state index contributed by atoms with van der Waals surface area (Å²) in [6.07, 6.45) is 0. The molecule has 0 unspecified atom stereocenters. The van der Waals surface area contributed by atoms with Crippen LogP contribution in [0.3, 0.4) is 0 Å². The van der Waals surface area contributed by atoms with Crippen LogP contribution >= 0.6 is 11.6 Å². The fraction of sp³-hybridized carbons (Fsp3) is 0.133. The summed E-state index contributed by atoms with van der Waals surface area (Å²) in [7, 11) is 0. The number of aryl methyl sites for hydroxylation is 1.